The monoisotopic (exact) mass is 414 g/mol. The van der Waals surface area contributed by atoms with Crippen LogP contribution in [0.25, 0.3) is 22.2 Å². The molecule has 6 heteroatoms. The van der Waals surface area contributed by atoms with Crippen LogP contribution in [-0.4, -0.2) is 38.8 Å². The van der Waals surface area contributed by atoms with Gasteiger partial charge in [0, 0.05) is 48.1 Å². The van der Waals surface area contributed by atoms with E-state index in [2.05, 4.69) is 15.0 Å². The minimum Gasteiger partial charge on any atom is -0.361 e. The molecule has 0 radical (unpaired) electrons. The van der Waals surface area contributed by atoms with Gasteiger partial charge >= 0.3 is 0 Å². The normalized spacial score (nSPS) is 13.5. The van der Waals surface area contributed by atoms with Gasteiger partial charge in [0.05, 0.1) is 0 Å². The maximum absolute atomic E-state index is 13.5. The average Bonchev–Trinajstić information content (AvgIpc) is 3.55. The van der Waals surface area contributed by atoms with Gasteiger partial charge in [-0.25, -0.2) is 9.37 Å². The molecule has 1 amide bonds. The van der Waals surface area contributed by atoms with Crippen molar-refractivity contribution in [3.63, 3.8) is 0 Å². The molecule has 0 spiro atoms. The molecule has 0 aliphatic heterocycles. The first-order chi connectivity index (χ1) is 15.2. The zero-order valence-electron chi connectivity index (χ0n) is 17.1. The van der Waals surface area contributed by atoms with Crippen molar-refractivity contribution in [2.45, 2.75) is 19.3 Å². The largest absolute Gasteiger partial charge is 0.361 e. The number of fused-ring (bicyclic) bond motifs is 1. The third kappa shape index (κ3) is 4.19. The number of rotatable bonds is 7. The molecule has 5 nitrogen and oxygen atoms in total. The Hall–Kier alpha value is -3.54. The standard InChI is InChI=1S/C25H23FN4O/c26-20-8-9-21-19(15-29-22(21)14-20)10-13-30(16-17-6-7-17)25(31)24-23(27-11-12-28-24)18-4-2-1-3-5-18/h1-5,8-9,11-12,14-15,17,29H,6-7,10,13,16H2. The van der Waals surface area contributed by atoms with Crippen molar-refractivity contribution >= 4 is 16.8 Å². The van der Waals surface area contributed by atoms with Gasteiger partial charge in [0.1, 0.15) is 11.5 Å². The Labute approximate surface area is 180 Å². The molecular formula is C25H23FN4O. The molecule has 0 unspecified atom stereocenters. The van der Waals surface area contributed by atoms with E-state index in [0.29, 0.717) is 30.3 Å². The van der Waals surface area contributed by atoms with Crippen molar-refractivity contribution in [2.75, 3.05) is 13.1 Å². The van der Waals surface area contributed by atoms with Crippen molar-refractivity contribution < 1.29 is 9.18 Å². The molecule has 4 aromatic rings. The number of carbonyl (C=O) groups is 1. The lowest BCUT2D eigenvalue weighted by atomic mass is 10.1. The van der Waals surface area contributed by atoms with Crippen molar-refractivity contribution in [3.05, 3.63) is 84.2 Å². The van der Waals surface area contributed by atoms with Gasteiger partial charge in [-0.3, -0.25) is 9.78 Å². The predicted molar refractivity (Wildman–Crippen MR) is 118 cm³/mol. The van der Waals surface area contributed by atoms with Crippen LogP contribution in [-0.2, 0) is 6.42 Å². The fraction of sp³-hybridized carbons (Fsp3) is 0.240. The molecule has 31 heavy (non-hydrogen) atoms. The van der Waals surface area contributed by atoms with Gasteiger partial charge in [-0.2, -0.15) is 0 Å². The first kappa shape index (κ1) is 19.4. The molecule has 2 heterocycles. The van der Waals surface area contributed by atoms with E-state index in [4.69, 9.17) is 0 Å². The molecule has 1 aliphatic carbocycles. The lowest BCUT2D eigenvalue weighted by Gasteiger charge is -2.23. The minimum absolute atomic E-state index is 0.0928. The number of halogens is 1. The van der Waals surface area contributed by atoms with Crippen LogP contribution in [0.3, 0.4) is 0 Å². The number of aromatic amines is 1. The van der Waals surface area contributed by atoms with Crippen LogP contribution in [0.1, 0.15) is 28.9 Å². The smallest absolute Gasteiger partial charge is 0.274 e. The summed E-state index contributed by atoms with van der Waals surface area (Å²) in [5, 5.41) is 0.990. The van der Waals surface area contributed by atoms with E-state index < -0.39 is 0 Å². The molecule has 1 aliphatic rings. The topological polar surface area (TPSA) is 61.9 Å². The minimum atomic E-state index is -0.262. The summed E-state index contributed by atoms with van der Waals surface area (Å²) >= 11 is 0. The Bertz CT molecular complexity index is 1220. The van der Waals surface area contributed by atoms with Crippen LogP contribution in [0.5, 0.6) is 0 Å². The summed E-state index contributed by atoms with van der Waals surface area (Å²) in [7, 11) is 0. The van der Waals surface area contributed by atoms with E-state index >= 15 is 0 Å². The second-order valence-electron chi connectivity index (χ2n) is 8.07. The van der Waals surface area contributed by atoms with Crippen LogP contribution in [0.4, 0.5) is 4.39 Å². The Balaban J connectivity index is 1.41. The Kier molecular flexibility index (Phi) is 5.20. The van der Waals surface area contributed by atoms with Crippen molar-refractivity contribution in [2.24, 2.45) is 5.92 Å². The number of carbonyl (C=O) groups excluding carboxylic acids is 1. The number of aromatic nitrogens is 3. The number of nitrogens with zero attached hydrogens (tertiary/aromatic N) is 3. The number of amides is 1. The van der Waals surface area contributed by atoms with E-state index in [1.165, 1.54) is 12.1 Å². The summed E-state index contributed by atoms with van der Waals surface area (Å²) in [6, 6.07) is 14.4. The maximum atomic E-state index is 13.5. The first-order valence-corrected chi connectivity index (χ1v) is 10.6. The van der Waals surface area contributed by atoms with Gasteiger partial charge < -0.3 is 9.88 Å². The highest BCUT2D eigenvalue weighted by atomic mass is 19.1. The second kappa shape index (κ2) is 8.30. The Morgan fingerprint density at radius 1 is 1.10 bits per heavy atom. The van der Waals surface area contributed by atoms with E-state index in [-0.39, 0.29) is 11.7 Å². The molecule has 5 rings (SSSR count). The van der Waals surface area contributed by atoms with Gasteiger partial charge in [-0.05, 0) is 48.9 Å². The second-order valence-corrected chi connectivity index (χ2v) is 8.07. The SMILES string of the molecule is O=C(c1nccnc1-c1ccccc1)N(CCc1c[nH]c2cc(F)ccc12)CC1CC1. The zero-order chi connectivity index (χ0) is 21.2. The number of H-pyrrole nitrogens is 1. The maximum Gasteiger partial charge on any atom is 0.274 e. The Morgan fingerprint density at radius 3 is 2.71 bits per heavy atom. The molecular weight excluding hydrogens is 391 g/mol. The third-order valence-electron chi connectivity index (χ3n) is 5.79. The molecule has 0 atom stereocenters. The summed E-state index contributed by atoms with van der Waals surface area (Å²) in [5.74, 6) is 0.199. The van der Waals surface area contributed by atoms with Crippen LogP contribution < -0.4 is 0 Å². The highest BCUT2D eigenvalue weighted by Gasteiger charge is 2.29. The highest BCUT2D eigenvalue weighted by molar-refractivity contribution is 5.98. The van der Waals surface area contributed by atoms with Crippen molar-refractivity contribution in [1.82, 2.24) is 19.9 Å². The zero-order valence-corrected chi connectivity index (χ0v) is 17.1. The fourth-order valence-corrected chi connectivity index (χ4v) is 3.96. The summed E-state index contributed by atoms with van der Waals surface area (Å²) in [6.07, 6.45) is 8.09. The highest BCUT2D eigenvalue weighted by Crippen LogP contribution is 2.31. The van der Waals surface area contributed by atoms with Gasteiger partial charge in [-0.1, -0.05) is 30.3 Å². The number of benzene rings is 2. The molecule has 1 N–H and O–H groups in total. The van der Waals surface area contributed by atoms with Crippen LogP contribution in [0.2, 0.25) is 0 Å². The molecule has 0 bridgehead atoms. The van der Waals surface area contributed by atoms with Gasteiger partial charge in [0.25, 0.3) is 5.91 Å². The van der Waals surface area contributed by atoms with Crippen LogP contribution in [0.15, 0.2) is 67.1 Å². The molecule has 2 aromatic heterocycles. The molecule has 0 saturated heterocycles. The Morgan fingerprint density at radius 2 is 1.90 bits per heavy atom. The average molecular weight is 414 g/mol. The molecule has 156 valence electrons. The van der Waals surface area contributed by atoms with E-state index in [9.17, 15) is 9.18 Å². The number of nitrogens with one attached hydrogen (secondary N) is 1. The molecule has 2 aromatic carbocycles. The van der Waals surface area contributed by atoms with Crippen LogP contribution >= 0.6 is 0 Å². The van der Waals surface area contributed by atoms with E-state index in [1.54, 1.807) is 18.5 Å². The summed E-state index contributed by atoms with van der Waals surface area (Å²) in [5.41, 5.74) is 3.72. The lowest BCUT2D eigenvalue weighted by Crippen LogP contribution is -2.35. The van der Waals surface area contributed by atoms with Crippen molar-refractivity contribution in [1.29, 1.82) is 0 Å². The quantitative estimate of drug-likeness (QED) is 0.470. The summed E-state index contributed by atoms with van der Waals surface area (Å²) < 4.78 is 13.5. The van der Waals surface area contributed by atoms with Gasteiger partial charge in [-0.15, -0.1) is 0 Å². The van der Waals surface area contributed by atoms with Gasteiger partial charge in [0.15, 0.2) is 5.69 Å². The predicted octanol–water partition coefficient (Wildman–Crippen LogP) is 4.86. The van der Waals surface area contributed by atoms with E-state index in [1.807, 2.05) is 41.4 Å². The van der Waals surface area contributed by atoms with Gasteiger partial charge in [0.2, 0.25) is 0 Å². The lowest BCUT2D eigenvalue weighted by molar-refractivity contribution is 0.0744. The first-order valence-electron chi connectivity index (χ1n) is 10.6. The fourth-order valence-electron chi connectivity index (χ4n) is 3.96. The molecule has 1 fully saturated rings. The number of hydrogen-bond donors (Lipinski definition) is 1. The molecule has 1 saturated carbocycles. The van der Waals surface area contributed by atoms with Crippen LogP contribution in [0, 0.1) is 11.7 Å². The summed E-state index contributed by atoms with van der Waals surface area (Å²) in [4.78, 5) is 27.4. The number of hydrogen-bond acceptors (Lipinski definition) is 3. The van der Waals surface area contributed by atoms with Crippen molar-refractivity contribution in [3.8, 4) is 11.3 Å². The van der Waals surface area contributed by atoms with E-state index in [0.717, 1.165) is 41.4 Å². The third-order valence-corrected chi connectivity index (χ3v) is 5.79. The summed E-state index contributed by atoms with van der Waals surface area (Å²) in [6.45, 7) is 1.30.